The van der Waals surface area contributed by atoms with E-state index in [-0.39, 0.29) is 28.6 Å². The monoisotopic (exact) mass is 633 g/mol. The summed E-state index contributed by atoms with van der Waals surface area (Å²) in [6, 6.07) is 18.1. The maximum Gasteiger partial charge on any atom is 0.338 e. The van der Waals surface area contributed by atoms with E-state index in [1.54, 1.807) is 30.3 Å². The van der Waals surface area contributed by atoms with Crippen LogP contribution in [-0.4, -0.2) is 29.2 Å². The number of hydrogen-bond donors (Lipinski definition) is 0. The number of carbonyl (C=O) groups is 1. The number of carbonyl (C=O) groups excluding carboxylic acids is 1. The number of esters is 1. The van der Waals surface area contributed by atoms with E-state index >= 15 is 0 Å². The van der Waals surface area contributed by atoms with E-state index < -0.39 is 16.9 Å². The van der Waals surface area contributed by atoms with Crippen molar-refractivity contribution in [3.05, 3.63) is 130 Å². The standard InChI is InChI=1S/C32H28ClN3O7S/c1-4-24-27(31(38)41-3)28(21-11-7-6-8-12-21)35-30(37)26(44-32(35)34-24)17-20-15-23(33)29(25(16-20)42-5-2)43-18-19-10-9-13-22(14-19)36(39)40/h6-17,28H,4-5,18H2,1-3H3/b26-17-/t28-/m0/s1. The summed E-state index contributed by atoms with van der Waals surface area (Å²) in [4.78, 5) is 42.7. The van der Waals surface area contributed by atoms with E-state index in [9.17, 15) is 19.7 Å². The van der Waals surface area contributed by atoms with E-state index in [1.807, 2.05) is 44.2 Å². The van der Waals surface area contributed by atoms with Gasteiger partial charge in [-0.05, 0) is 48.2 Å². The van der Waals surface area contributed by atoms with Crippen molar-refractivity contribution in [2.24, 2.45) is 4.99 Å². The van der Waals surface area contributed by atoms with Crippen molar-refractivity contribution >= 4 is 40.7 Å². The summed E-state index contributed by atoms with van der Waals surface area (Å²) in [5.74, 6) is 0.0912. The van der Waals surface area contributed by atoms with Gasteiger partial charge in [-0.2, -0.15) is 0 Å². The van der Waals surface area contributed by atoms with Gasteiger partial charge < -0.3 is 14.2 Å². The molecule has 1 aliphatic rings. The molecule has 0 saturated carbocycles. The van der Waals surface area contributed by atoms with Crippen molar-refractivity contribution in [3.8, 4) is 11.5 Å². The molecule has 2 heterocycles. The Labute approximate surface area is 261 Å². The molecule has 0 unspecified atom stereocenters. The van der Waals surface area contributed by atoms with Gasteiger partial charge in [0, 0.05) is 12.1 Å². The summed E-state index contributed by atoms with van der Waals surface area (Å²) in [7, 11) is 1.31. The second-order valence-electron chi connectivity index (χ2n) is 9.68. The summed E-state index contributed by atoms with van der Waals surface area (Å²) >= 11 is 7.85. The third-order valence-corrected chi connectivity index (χ3v) is 8.16. The first kappa shape index (κ1) is 30.7. The zero-order valence-electron chi connectivity index (χ0n) is 24.1. The van der Waals surface area contributed by atoms with Gasteiger partial charge in [0.1, 0.15) is 6.61 Å². The number of halogens is 1. The molecule has 5 rings (SSSR count). The number of aromatic nitrogens is 1. The lowest BCUT2D eigenvalue weighted by atomic mass is 9.95. The first-order valence-corrected chi connectivity index (χ1v) is 15.0. The Morgan fingerprint density at radius 1 is 1.11 bits per heavy atom. The van der Waals surface area contributed by atoms with Crippen molar-refractivity contribution < 1.29 is 23.9 Å². The van der Waals surface area contributed by atoms with E-state index in [0.29, 0.717) is 50.5 Å². The Bertz CT molecular complexity index is 1950. The topological polar surface area (TPSA) is 122 Å². The highest BCUT2D eigenvalue weighted by Crippen LogP contribution is 2.38. The predicted molar refractivity (Wildman–Crippen MR) is 167 cm³/mol. The summed E-state index contributed by atoms with van der Waals surface area (Å²) in [6.45, 7) is 4.07. The van der Waals surface area contributed by atoms with Crippen LogP contribution in [0.15, 0.2) is 87.8 Å². The number of nitrogens with zero attached hydrogens (tertiary/aromatic N) is 3. The predicted octanol–water partition coefficient (Wildman–Crippen LogP) is 5.34. The van der Waals surface area contributed by atoms with E-state index in [2.05, 4.69) is 4.99 Å². The number of nitro groups is 1. The molecule has 226 valence electrons. The zero-order chi connectivity index (χ0) is 31.4. The molecule has 3 aromatic carbocycles. The van der Waals surface area contributed by atoms with Crippen LogP contribution in [-0.2, 0) is 16.1 Å². The second kappa shape index (κ2) is 13.3. The summed E-state index contributed by atoms with van der Waals surface area (Å²) in [5, 5.41) is 11.4. The largest absolute Gasteiger partial charge is 0.490 e. The molecular weight excluding hydrogens is 606 g/mol. The van der Waals surface area contributed by atoms with Gasteiger partial charge in [0.25, 0.3) is 11.2 Å². The highest BCUT2D eigenvalue weighted by atomic mass is 35.5. The van der Waals surface area contributed by atoms with Crippen molar-refractivity contribution in [1.29, 1.82) is 0 Å². The molecule has 0 aliphatic carbocycles. The van der Waals surface area contributed by atoms with Crippen LogP contribution in [0, 0.1) is 10.1 Å². The third-order valence-electron chi connectivity index (χ3n) is 6.90. The normalized spacial score (nSPS) is 14.5. The van der Waals surface area contributed by atoms with Crippen LogP contribution in [0.5, 0.6) is 11.5 Å². The highest BCUT2D eigenvalue weighted by molar-refractivity contribution is 7.07. The number of allylic oxidation sites excluding steroid dienone is 1. The van der Waals surface area contributed by atoms with Gasteiger partial charge in [-0.25, -0.2) is 9.79 Å². The first-order valence-electron chi connectivity index (χ1n) is 13.8. The number of ether oxygens (including phenoxy) is 3. The number of benzene rings is 3. The number of rotatable bonds is 10. The van der Waals surface area contributed by atoms with Crippen molar-refractivity contribution in [1.82, 2.24) is 4.57 Å². The molecule has 0 fully saturated rings. The number of non-ortho nitro benzene ring substituents is 1. The molecule has 0 bridgehead atoms. The average Bonchev–Trinajstić information content (AvgIpc) is 3.33. The number of hydrogen-bond acceptors (Lipinski definition) is 9. The van der Waals surface area contributed by atoms with Gasteiger partial charge in [-0.15, -0.1) is 0 Å². The molecule has 4 aromatic rings. The lowest BCUT2D eigenvalue weighted by molar-refractivity contribution is -0.384. The fourth-order valence-corrected chi connectivity index (χ4v) is 6.25. The minimum absolute atomic E-state index is 0.0290. The zero-order valence-corrected chi connectivity index (χ0v) is 25.7. The number of nitro benzene ring substituents is 1. The third kappa shape index (κ3) is 6.15. The Kier molecular flexibility index (Phi) is 9.26. The lowest BCUT2D eigenvalue weighted by Gasteiger charge is -2.25. The molecule has 12 heteroatoms. The highest BCUT2D eigenvalue weighted by Gasteiger charge is 2.33. The van der Waals surface area contributed by atoms with Crippen LogP contribution in [0.2, 0.25) is 5.02 Å². The van der Waals surface area contributed by atoms with Gasteiger partial charge in [-0.1, -0.05) is 72.3 Å². The van der Waals surface area contributed by atoms with E-state index in [4.69, 9.17) is 25.8 Å². The van der Waals surface area contributed by atoms with Crippen LogP contribution in [0.3, 0.4) is 0 Å². The van der Waals surface area contributed by atoms with E-state index in [1.165, 1.54) is 35.1 Å². The molecule has 10 nitrogen and oxygen atoms in total. The fourth-order valence-electron chi connectivity index (χ4n) is 4.96. The molecule has 44 heavy (non-hydrogen) atoms. The van der Waals surface area contributed by atoms with Gasteiger partial charge in [-0.3, -0.25) is 19.5 Å². The first-order chi connectivity index (χ1) is 21.2. The Hall–Kier alpha value is -4.74. The molecule has 1 aromatic heterocycles. The minimum atomic E-state index is -0.704. The van der Waals surface area contributed by atoms with Crippen molar-refractivity contribution in [2.45, 2.75) is 32.9 Å². The van der Waals surface area contributed by atoms with Crippen LogP contribution in [0.1, 0.15) is 43.0 Å². The van der Waals surface area contributed by atoms with Crippen LogP contribution in [0.4, 0.5) is 5.69 Å². The number of fused-ring (bicyclic) bond motifs is 1. The maximum atomic E-state index is 13.9. The summed E-state index contributed by atoms with van der Waals surface area (Å²) < 4.78 is 18.8. The quantitative estimate of drug-likeness (QED) is 0.131. The Morgan fingerprint density at radius 3 is 2.57 bits per heavy atom. The summed E-state index contributed by atoms with van der Waals surface area (Å²) in [5.41, 5.74) is 2.46. The minimum Gasteiger partial charge on any atom is -0.490 e. The molecule has 0 amide bonds. The average molecular weight is 634 g/mol. The smallest absolute Gasteiger partial charge is 0.338 e. The molecule has 0 radical (unpaired) electrons. The van der Waals surface area contributed by atoms with Crippen LogP contribution < -0.4 is 24.4 Å². The SMILES string of the molecule is CCOc1cc(/C=c2\sc3n(c2=O)[C@@H](c2ccccc2)C(C(=O)OC)=C(CC)N=3)cc(Cl)c1OCc1cccc([N+](=O)[O-])c1. The maximum absolute atomic E-state index is 13.9. The fraction of sp³-hybridized carbons (Fsp3) is 0.219. The Balaban J connectivity index is 1.57. The molecule has 1 atom stereocenters. The molecule has 0 saturated heterocycles. The van der Waals surface area contributed by atoms with Crippen molar-refractivity contribution in [2.75, 3.05) is 13.7 Å². The van der Waals surface area contributed by atoms with Crippen LogP contribution >= 0.6 is 22.9 Å². The van der Waals surface area contributed by atoms with E-state index in [0.717, 1.165) is 5.56 Å². The molecule has 1 aliphatic heterocycles. The van der Waals surface area contributed by atoms with Gasteiger partial charge >= 0.3 is 5.97 Å². The van der Waals surface area contributed by atoms with Crippen LogP contribution in [0.25, 0.3) is 6.08 Å². The molecular formula is C32H28ClN3O7S. The van der Waals surface area contributed by atoms with Crippen molar-refractivity contribution in [3.63, 3.8) is 0 Å². The molecule has 0 spiro atoms. The lowest BCUT2D eigenvalue weighted by Crippen LogP contribution is -2.40. The Morgan fingerprint density at radius 2 is 1.89 bits per heavy atom. The van der Waals surface area contributed by atoms with Gasteiger partial charge in [0.15, 0.2) is 16.3 Å². The van der Waals surface area contributed by atoms with Gasteiger partial charge in [0.2, 0.25) is 0 Å². The number of thiazole rings is 1. The number of methoxy groups -OCH3 is 1. The van der Waals surface area contributed by atoms with Gasteiger partial charge in [0.05, 0.1) is 45.5 Å². The summed E-state index contributed by atoms with van der Waals surface area (Å²) in [6.07, 6.45) is 2.17. The second-order valence-corrected chi connectivity index (χ2v) is 11.1. The molecule has 0 N–H and O–H groups in total.